The van der Waals surface area contributed by atoms with E-state index in [2.05, 4.69) is 11.6 Å². The second-order valence-corrected chi connectivity index (χ2v) is 6.59. The van der Waals surface area contributed by atoms with Crippen LogP contribution in [-0.2, 0) is 6.54 Å². The molecule has 0 atom stereocenters. The first-order valence-electron chi connectivity index (χ1n) is 7.74. The number of aromatic nitrogens is 1. The number of halogens is 2. The van der Waals surface area contributed by atoms with E-state index in [9.17, 15) is 13.6 Å². The smallest absolute Gasteiger partial charge is 0.315 e. The van der Waals surface area contributed by atoms with Crippen molar-refractivity contribution in [2.24, 2.45) is 4.99 Å². The van der Waals surface area contributed by atoms with Crippen molar-refractivity contribution in [3.8, 4) is 0 Å². The van der Waals surface area contributed by atoms with Gasteiger partial charge in [-0.2, -0.15) is 4.99 Å². The Morgan fingerprint density at radius 2 is 2.08 bits per heavy atom. The molecule has 2 heterocycles. The van der Waals surface area contributed by atoms with Crippen molar-refractivity contribution in [2.75, 3.05) is 0 Å². The first-order chi connectivity index (χ1) is 12.6. The predicted octanol–water partition coefficient (Wildman–Crippen LogP) is 4.65. The zero-order valence-electron chi connectivity index (χ0n) is 13.4. The Morgan fingerprint density at radius 1 is 1.27 bits per heavy atom. The van der Waals surface area contributed by atoms with Crippen molar-refractivity contribution in [1.82, 2.24) is 4.57 Å². The van der Waals surface area contributed by atoms with E-state index in [1.54, 1.807) is 24.3 Å². The van der Waals surface area contributed by atoms with Gasteiger partial charge in [0.1, 0.15) is 11.4 Å². The van der Waals surface area contributed by atoms with E-state index in [4.69, 9.17) is 4.42 Å². The normalized spacial score (nSPS) is 12.2. The van der Waals surface area contributed by atoms with Gasteiger partial charge in [-0.1, -0.05) is 35.6 Å². The van der Waals surface area contributed by atoms with Crippen LogP contribution in [0.15, 0.2) is 64.5 Å². The van der Waals surface area contributed by atoms with Crippen molar-refractivity contribution < 1.29 is 18.0 Å². The highest BCUT2D eigenvalue weighted by Crippen LogP contribution is 2.23. The molecule has 0 saturated carbocycles. The molecule has 0 bridgehead atoms. The van der Waals surface area contributed by atoms with Gasteiger partial charge in [-0.3, -0.25) is 4.79 Å². The first-order valence-corrected chi connectivity index (χ1v) is 8.55. The van der Waals surface area contributed by atoms with Crippen LogP contribution in [0, 0.1) is 11.6 Å². The number of rotatable bonds is 3. The second kappa shape index (κ2) is 6.34. The summed E-state index contributed by atoms with van der Waals surface area (Å²) in [6, 6.07) is 10.8. The van der Waals surface area contributed by atoms with Crippen molar-refractivity contribution in [3.63, 3.8) is 0 Å². The van der Waals surface area contributed by atoms with E-state index in [0.717, 1.165) is 22.8 Å². The Labute approximate surface area is 150 Å². The van der Waals surface area contributed by atoms with Crippen LogP contribution in [0.3, 0.4) is 0 Å². The summed E-state index contributed by atoms with van der Waals surface area (Å²) in [4.78, 5) is 16.8. The van der Waals surface area contributed by atoms with Gasteiger partial charge in [0.2, 0.25) is 0 Å². The van der Waals surface area contributed by atoms with Crippen molar-refractivity contribution in [1.29, 1.82) is 0 Å². The highest BCUT2D eigenvalue weighted by Gasteiger charge is 2.15. The minimum Gasteiger partial charge on any atom is -0.451 e. The highest BCUT2D eigenvalue weighted by molar-refractivity contribution is 7.16. The predicted molar refractivity (Wildman–Crippen MR) is 96.0 cm³/mol. The number of allylic oxidation sites excluding steroid dienone is 1. The molecule has 0 radical (unpaired) electrons. The minimum absolute atomic E-state index is 0.0838. The summed E-state index contributed by atoms with van der Waals surface area (Å²) in [5.41, 5.74) is 0.766. The lowest BCUT2D eigenvalue weighted by molar-refractivity contribution is 0.0973. The van der Waals surface area contributed by atoms with E-state index >= 15 is 0 Å². The summed E-state index contributed by atoms with van der Waals surface area (Å²) >= 11 is 1.03. The van der Waals surface area contributed by atoms with Crippen LogP contribution < -0.4 is 4.80 Å². The fourth-order valence-corrected chi connectivity index (χ4v) is 3.82. The number of amides is 1. The molecule has 4 aromatic rings. The Balaban J connectivity index is 1.89. The summed E-state index contributed by atoms with van der Waals surface area (Å²) in [5, 5.41) is 0.787. The molecule has 0 aliphatic carbocycles. The van der Waals surface area contributed by atoms with Crippen molar-refractivity contribution in [3.05, 3.63) is 77.3 Å². The Morgan fingerprint density at radius 3 is 2.85 bits per heavy atom. The number of hydrogen-bond donors (Lipinski definition) is 0. The quantitative estimate of drug-likeness (QED) is 0.493. The van der Waals surface area contributed by atoms with E-state index < -0.39 is 17.5 Å². The molecule has 2 aromatic carbocycles. The molecule has 0 aliphatic heterocycles. The number of benzene rings is 2. The number of hydrogen-bond acceptors (Lipinski definition) is 3. The molecule has 0 spiro atoms. The fraction of sp³-hybridized carbons (Fsp3) is 0.0526. The lowest BCUT2D eigenvalue weighted by atomic mass is 10.2. The molecule has 0 fully saturated rings. The fourth-order valence-electron chi connectivity index (χ4n) is 2.74. The van der Waals surface area contributed by atoms with Gasteiger partial charge in [-0.25, -0.2) is 8.78 Å². The van der Waals surface area contributed by atoms with Gasteiger partial charge in [-0.05, 0) is 18.2 Å². The SMILES string of the molecule is C=CCn1c(=NC(=O)c2cc3ccccc3o2)sc2cc(F)cc(F)c21. The maximum absolute atomic E-state index is 14.2. The largest absolute Gasteiger partial charge is 0.451 e. The maximum atomic E-state index is 14.2. The topological polar surface area (TPSA) is 47.5 Å². The van der Waals surface area contributed by atoms with Gasteiger partial charge in [0.15, 0.2) is 16.4 Å². The second-order valence-electron chi connectivity index (χ2n) is 5.58. The van der Waals surface area contributed by atoms with E-state index in [1.165, 1.54) is 10.6 Å². The molecule has 4 rings (SSSR count). The average Bonchev–Trinajstić information content (AvgIpc) is 3.17. The Kier molecular flexibility index (Phi) is 4.00. The Bertz CT molecular complexity index is 1200. The van der Waals surface area contributed by atoms with Gasteiger partial charge in [0.25, 0.3) is 0 Å². The molecule has 26 heavy (non-hydrogen) atoms. The molecule has 4 nitrogen and oxygen atoms in total. The number of fused-ring (bicyclic) bond motifs is 2. The number of furan rings is 1. The number of para-hydroxylation sites is 1. The average molecular weight is 370 g/mol. The zero-order valence-corrected chi connectivity index (χ0v) is 14.2. The highest BCUT2D eigenvalue weighted by atomic mass is 32.1. The number of nitrogens with zero attached hydrogens (tertiary/aromatic N) is 2. The zero-order chi connectivity index (χ0) is 18.3. The molecule has 0 N–H and O–H groups in total. The van der Waals surface area contributed by atoms with E-state index in [0.29, 0.717) is 10.3 Å². The van der Waals surface area contributed by atoms with Crippen LogP contribution >= 0.6 is 11.3 Å². The van der Waals surface area contributed by atoms with Crippen LogP contribution in [0.1, 0.15) is 10.6 Å². The molecule has 0 saturated heterocycles. The van der Waals surface area contributed by atoms with Gasteiger partial charge in [0.05, 0.1) is 10.2 Å². The molecule has 2 aromatic heterocycles. The standard InChI is InChI=1S/C19H12F2N2O2S/c1-2-7-23-17-13(21)9-12(20)10-16(17)26-19(23)22-18(24)15-8-11-5-3-4-6-14(11)25-15/h2-6,8-10H,1,7H2. The lowest BCUT2D eigenvalue weighted by Crippen LogP contribution is -2.16. The number of carbonyl (C=O) groups excluding carboxylic acids is 1. The molecule has 0 unspecified atom stereocenters. The van der Waals surface area contributed by atoms with Crippen LogP contribution in [-0.4, -0.2) is 10.5 Å². The summed E-state index contributed by atoms with van der Waals surface area (Å²) in [6.45, 7) is 3.87. The number of thiazole rings is 1. The molecular weight excluding hydrogens is 358 g/mol. The minimum atomic E-state index is -0.712. The maximum Gasteiger partial charge on any atom is 0.315 e. The lowest BCUT2D eigenvalue weighted by Gasteiger charge is -2.01. The molecule has 7 heteroatoms. The third-order valence-corrected chi connectivity index (χ3v) is 4.87. The van der Waals surface area contributed by atoms with Crippen molar-refractivity contribution >= 4 is 38.4 Å². The van der Waals surface area contributed by atoms with Crippen LogP contribution in [0.5, 0.6) is 0 Å². The van der Waals surface area contributed by atoms with Gasteiger partial charge >= 0.3 is 5.91 Å². The molecule has 130 valence electrons. The third-order valence-electron chi connectivity index (χ3n) is 3.84. The molecule has 1 amide bonds. The number of carbonyl (C=O) groups is 1. The Hall–Kier alpha value is -3.06. The van der Waals surface area contributed by atoms with E-state index in [-0.39, 0.29) is 22.6 Å². The van der Waals surface area contributed by atoms with Crippen LogP contribution in [0.2, 0.25) is 0 Å². The van der Waals surface area contributed by atoms with E-state index in [1.807, 2.05) is 12.1 Å². The van der Waals surface area contributed by atoms with Gasteiger partial charge in [0, 0.05) is 18.0 Å². The first kappa shape index (κ1) is 16.4. The summed E-state index contributed by atoms with van der Waals surface area (Å²) in [7, 11) is 0. The third kappa shape index (κ3) is 2.76. The van der Waals surface area contributed by atoms with Gasteiger partial charge < -0.3 is 8.98 Å². The van der Waals surface area contributed by atoms with Gasteiger partial charge in [-0.15, -0.1) is 6.58 Å². The van der Waals surface area contributed by atoms with Crippen LogP contribution in [0.4, 0.5) is 8.78 Å². The molecule has 0 aliphatic rings. The summed E-state index contributed by atoms with van der Waals surface area (Å²) in [5.74, 6) is -1.90. The summed E-state index contributed by atoms with van der Waals surface area (Å²) in [6.07, 6.45) is 1.56. The van der Waals surface area contributed by atoms with Crippen LogP contribution in [0.25, 0.3) is 21.2 Å². The summed E-state index contributed by atoms with van der Waals surface area (Å²) < 4.78 is 35.1. The molecular formula is C19H12F2N2O2S. The van der Waals surface area contributed by atoms with Crippen molar-refractivity contribution in [2.45, 2.75) is 6.54 Å². The monoisotopic (exact) mass is 370 g/mol.